The standard InChI is InChI=1S/C17H18Cl2N2O2/c1-21(10-12-6-5-7-13(18)17(12)19)11-16(22)20-14-8-3-4-9-15(14)23-2/h3-9H,10-11H2,1-2H3,(H,20,22). The summed E-state index contributed by atoms with van der Waals surface area (Å²) in [5.74, 6) is 0.497. The van der Waals surface area contributed by atoms with Gasteiger partial charge in [0.05, 0.1) is 29.4 Å². The summed E-state index contributed by atoms with van der Waals surface area (Å²) in [4.78, 5) is 14.0. The van der Waals surface area contributed by atoms with Crippen LogP contribution in [-0.4, -0.2) is 31.5 Å². The van der Waals surface area contributed by atoms with E-state index >= 15 is 0 Å². The molecule has 0 atom stereocenters. The van der Waals surface area contributed by atoms with E-state index in [0.29, 0.717) is 28.0 Å². The minimum absolute atomic E-state index is 0.129. The van der Waals surface area contributed by atoms with Crippen molar-refractivity contribution in [3.63, 3.8) is 0 Å². The van der Waals surface area contributed by atoms with Crippen LogP contribution in [0.2, 0.25) is 10.0 Å². The molecule has 0 saturated heterocycles. The van der Waals surface area contributed by atoms with Crippen molar-refractivity contribution in [2.75, 3.05) is 26.0 Å². The zero-order chi connectivity index (χ0) is 16.8. The Kier molecular flexibility index (Phi) is 6.28. The summed E-state index contributed by atoms with van der Waals surface area (Å²) in [6.45, 7) is 0.750. The fourth-order valence-corrected chi connectivity index (χ4v) is 2.58. The molecule has 1 amide bonds. The maximum absolute atomic E-state index is 12.2. The summed E-state index contributed by atoms with van der Waals surface area (Å²) in [6, 6.07) is 12.8. The van der Waals surface area contributed by atoms with Gasteiger partial charge in [0.2, 0.25) is 5.91 Å². The molecule has 23 heavy (non-hydrogen) atoms. The average molecular weight is 353 g/mol. The van der Waals surface area contributed by atoms with E-state index in [1.54, 1.807) is 25.3 Å². The summed E-state index contributed by atoms with van der Waals surface area (Å²) in [5.41, 5.74) is 1.53. The lowest BCUT2D eigenvalue weighted by Gasteiger charge is -2.18. The monoisotopic (exact) mass is 352 g/mol. The van der Waals surface area contributed by atoms with Crippen molar-refractivity contribution in [3.05, 3.63) is 58.1 Å². The quantitative estimate of drug-likeness (QED) is 0.851. The zero-order valence-electron chi connectivity index (χ0n) is 13.0. The Morgan fingerprint density at radius 2 is 1.91 bits per heavy atom. The first kappa shape index (κ1) is 17.6. The van der Waals surface area contributed by atoms with E-state index in [-0.39, 0.29) is 12.5 Å². The molecule has 0 aromatic heterocycles. The van der Waals surface area contributed by atoms with E-state index in [0.717, 1.165) is 5.56 Å². The van der Waals surface area contributed by atoms with Gasteiger partial charge in [-0.15, -0.1) is 0 Å². The van der Waals surface area contributed by atoms with Crippen LogP contribution in [0.5, 0.6) is 5.75 Å². The first-order valence-electron chi connectivity index (χ1n) is 7.05. The molecule has 0 aliphatic rings. The maximum atomic E-state index is 12.2. The summed E-state index contributed by atoms with van der Waals surface area (Å²) >= 11 is 12.2. The molecule has 6 heteroatoms. The molecular weight excluding hydrogens is 335 g/mol. The molecule has 0 saturated carbocycles. The number of halogens is 2. The van der Waals surface area contributed by atoms with Crippen LogP contribution in [0.15, 0.2) is 42.5 Å². The highest BCUT2D eigenvalue weighted by Gasteiger charge is 2.12. The molecule has 0 radical (unpaired) electrons. The Hall–Kier alpha value is -1.75. The van der Waals surface area contributed by atoms with Crippen LogP contribution in [0.4, 0.5) is 5.69 Å². The van der Waals surface area contributed by atoms with Crippen LogP contribution in [0.3, 0.4) is 0 Å². The van der Waals surface area contributed by atoms with E-state index in [2.05, 4.69) is 5.32 Å². The molecule has 0 bridgehead atoms. The van der Waals surface area contributed by atoms with Crippen molar-refractivity contribution in [2.24, 2.45) is 0 Å². The SMILES string of the molecule is COc1ccccc1NC(=O)CN(C)Cc1cccc(Cl)c1Cl. The number of carbonyl (C=O) groups is 1. The average Bonchev–Trinajstić information content (AvgIpc) is 2.52. The van der Waals surface area contributed by atoms with Crippen LogP contribution in [-0.2, 0) is 11.3 Å². The molecule has 0 aliphatic heterocycles. The minimum atomic E-state index is -0.129. The van der Waals surface area contributed by atoms with Crippen molar-refractivity contribution < 1.29 is 9.53 Å². The Labute approximate surface area is 146 Å². The summed E-state index contributed by atoms with van der Waals surface area (Å²) < 4.78 is 5.22. The molecule has 0 fully saturated rings. The van der Waals surface area contributed by atoms with Crippen molar-refractivity contribution in [1.82, 2.24) is 4.90 Å². The Balaban J connectivity index is 1.96. The van der Waals surface area contributed by atoms with Crippen LogP contribution in [0.1, 0.15) is 5.56 Å². The number of nitrogens with one attached hydrogen (secondary N) is 1. The van der Waals surface area contributed by atoms with Gasteiger partial charge in [-0.05, 0) is 30.8 Å². The first-order chi connectivity index (χ1) is 11.0. The summed E-state index contributed by atoms with van der Waals surface area (Å²) in [5, 5.41) is 3.87. The van der Waals surface area contributed by atoms with Crippen molar-refractivity contribution >= 4 is 34.8 Å². The predicted octanol–water partition coefficient (Wildman–Crippen LogP) is 4.07. The molecular formula is C17H18Cl2N2O2. The van der Waals surface area contributed by atoms with Gasteiger partial charge in [-0.1, -0.05) is 47.5 Å². The number of rotatable bonds is 6. The van der Waals surface area contributed by atoms with Crippen molar-refractivity contribution in [2.45, 2.75) is 6.54 Å². The number of benzene rings is 2. The van der Waals surface area contributed by atoms with E-state index in [1.165, 1.54) is 0 Å². The molecule has 2 aromatic rings. The van der Waals surface area contributed by atoms with E-state index < -0.39 is 0 Å². The number of anilines is 1. The fourth-order valence-electron chi connectivity index (χ4n) is 2.20. The third-order valence-corrected chi connectivity index (χ3v) is 4.12. The molecule has 0 heterocycles. The van der Waals surface area contributed by atoms with Gasteiger partial charge in [-0.2, -0.15) is 0 Å². The number of ether oxygens (including phenoxy) is 1. The lowest BCUT2D eigenvalue weighted by atomic mass is 10.2. The number of hydrogen-bond donors (Lipinski definition) is 1. The molecule has 4 nitrogen and oxygen atoms in total. The number of carbonyl (C=O) groups excluding carboxylic acids is 1. The van der Waals surface area contributed by atoms with Crippen molar-refractivity contribution in [1.29, 1.82) is 0 Å². The number of para-hydroxylation sites is 2. The summed E-state index contributed by atoms with van der Waals surface area (Å²) in [7, 11) is 3.41. The second kappa shape index (κ2) is 8.20. The second-order valence-corrected chi connectivity index (χ2v) is 5.92. The lowest BCUT2D eigenvalue weighted by molar-refractivity contribution is -0.117. The van der Waals surface area contributed by atoms with Crippen molar-refractivity contribution in [3.8, 4) is 5.75 Å². The number of nitrogens with zero attached hydrogens (tertiary/aromatic N) is 1. The van der Waals surface area contributed by atoms with Gasteiger partial charge in [0, 0.05) is 6.54 Å². The second-order valence-electron chi connectivity index (χ2n) is 5.13. The van der Waals surface area contributed by atoms with Gasteiger partial charge in [0.1, 0.15) is 5.75 Å². The zero-order valence-corrected chi connectivity index (χ0v) is 14.5. The molecule has 0 aliphatic carbocycles. The third kappa shape index (κ3) is 4.86. The van der Waals surface area contributed by atoms with Crippen LogP contribution >= 0.6 is 23.2 Å². The number of amides is 1. The number of methoxy groups -OCH3 is 1. The Morgan fingerprint density at radius 1 is 1.17 bits per heavy atom. The minimum Gasteiger partial charge on any atom is -0.495 e. The highest BCUT2D eigenvalue weighted by atomic mass is 35.5. The Morgan fingerprint density at radius 3 is 2.65 bits per heavy atom. The molecule has 122 valence electrons. The normalized spacial score (nSPS) is 10.7. The molecule has 1 N–H and O–H groups in total. The first-order valence-corrected chi connectivity index (χ1v) is 7.81. The van der Waals surface area contributed by atoms with Gasteiger partial charge in [0.15, 0.2) is 0 Å². The highest BCUT2D eigenvalue weighted by molar-refractivity contribution is 6.42. The molecule has 0 spiro atoms. The van der Waals surface area contributed by atoms with Gasteiger partial charge >= 0.3 is 0 Å². The third-order valence-electron chi connectivity index (χ3n) is 3.27. The molecule has 0 unspecified atom stereocenters. The smallest absolute Gasteiger partial charge is 0.238 e. The van der Waals surface area contributed by atoms with Gasteiger partial charge in [-0.25, -0.2) is 0 Å². The predicted molar refractivity (Wildman–Crippen MR) is 94.4 cm³/mol. The van der Waals surface area contributed by atoms with Gasteiger partial charge < -0.3 is 10.1 Å². The summed E-state index contributed by atoms with van der Waals surface area (Å²) in [6.07, 6.45) is 0. The van der Waals surface area contributed by atoms with Gasteiger partial charge in [-0.3, -0.25) is 9.69 Å². The highest BCUT2D eigenvalue weighted by Crippen LogP contribution is 2.26. The van der Waals surface area contributed by atoms with E-state index in [4.69, 9.17) is 27.9 Å². The van der Waals surface area contributed by atoms with Crippen LogP contribution in [0.25, 0.3) is 0 Å². The van der Waals surface area contributed by atoms with E-state index in [1.807, 2.05) is 36.2 Å². The van der Waals surface area contributed by atoms with Crippen LogP contribution < -0.4 is 10.1 Å². The van der Waals surface area contributed by atoms with Gasteiger partial charge in [0.25, 0.3) is 0 Å². The Bertz CT molecular complexity index is 692. The number of likely N-dealkylation sites (N-methyl/N-ethyl adjacent to an activating group) is 1. The fraction of sp³-hybridized carbons (Fsp3) is 0.235. The largest absolute Gasteiger partial charge is 0.495 e. The molecule has 2 rings (SSSR count). The topological polar surface area (TPSA) is 41.6 Å². The maximum Gasteiger partial charge on any atom is 0.238 e. The molecule has 2 aromatic carbocycles. The lowest BCUT2D eigenvalue weighted by Crippen LogP contribution is -2.30. The van der Waals surface area contributed by atoms with Crippen LogP contribution in [0, 0.1) is 0 Å². The van der Waals surface area contributed by atoms with E-state index in [9.17, 15) is 4.79 Å². The number of hydrogen-bond acceptors (Lipinski definition) is 3.